The van der Waals surface area contributed by atoms with E-state index in [1.165, 1.54) is 28.8 Å². The maximum Gasteiger partial charge on any atom is 0.335 e. The van der Waals surface area contributed by atoms with E-state index in [-0.39, 0.29) is 11.5 Å². The average molecular weight is 394 g/mol. The Bertz CT molecular complexity index is 980. The molecule has 0 radical (unpaired) electrons. The molecule has 2 aromatic carbocycles. The zero-order valence-corrected chi connectivity index (χ0v) is 16.0. The van der Waals surface area contributed by atoms with Crippen molar-refractivity contribution in [2.45, 2.75) is 0 Å². The fraction of sp³-hybridized carbons (Fsp3) is 0.0952. The van der Waals surface area contributed by atoms with Crippen LogP contribution in [0.15, 0.2) is 71.1 Å². The van der Waals surface area contributed by atoms with Gasteiger partial charge in [0, 0.05) is 6.54 Å². The fourth-order valence-corrected chi connectivity index (χ4v) is 3.56. The van der Waals surface area contributed by atoms with Crippen molar-refractivity contribution < 1.29 is 19.4 Å². The third-order valence-electron chi connectivity index (χ3n) is 3.93. The first-order chi connectivity index (χ1) is 13.5. The van der Waals surface area contributed by atoms with Crippen molar-refractivity contribution in [3.05, 3.63) is 77.2 Å². The van der Waals surface area contributed by atoms with Crippen LogP contribution in [0.4, 0.5) is 5.69 Å². The second-order valence-electron chi connectivity index (χ2n) is 5.84. The summed E-state index contributed by atoms with van der Waals surface area (Å²) in [6.45, 7) is 4.03. The van der Waals surface area contributed by atoms with Crippen LogP contribution < -0.4 is 4.74 Å². The second kappa shape index (κ2) is 8.58. The normalized spacial score (nSPS) is 16.6. The van der Waals surface area contributed by atoms with Gasteiger partial charge in [0.1, 0.15) is 5.75 Å². The van der Waals surface area contributed by atoms with Crippen LogP contribution in [-0.2, 0) is 4.79 Å². The van der Waals surface area contributed by atoms with Crippen LogP contribution in [0, 0.1) is 0 Å². The molecule has 0 unspecified atom stereocenters. The van der Waals surface area contributed by atoms with Crippen LogP contribution in [0.25, 0.3) is 6.08 Å². The Balaban J connectivity index is 1.92. The van der Waals surface area contributed by atoms with Crippen LogP contribution in [0.2, 0.25) is 0 Å². The van der Waals surface area contributed by atoms with E-state index in [0.717, 1.165) is 5.56 Å². The Labute approximate surface area is 166 Å². The van der Waals surface area contributed by atoms with Gasteiger partial charge in [0.2, 0.25) is 0 Å². The Hall–Kier alpha value is -3.32. The molecule has 0 aromatic heterocycles. The number of thioether (sulfide) groups is 1. The number of carboxylic acids is 1. The third-order valence-corrected chi connectivity index (χ3v) is 4.94. The maximum atomic E-state index is 12.8. The molecule has 6 nitrogen and oxygen atoms in total. The molecule has 28 heavy (non-hydrogen) atoms. The van der Waals surface area contributed by atoms with E-state index in [9.17, 15) is 9.59 Å². The highest BCUT2D eigenvalue weighted by Crippen LogP contribution is 2.34. The minimum absolute atomic E-state index is 0.159. The molecule has 1 aliphatic heterocycles. The first-order valence-electron chi connectivity index (χ1n) is 8.40. The predicted octanol–water partition coefficient (Wildman–Crippen LogP) is 4.18. The number of amidine groups is 1. The topological polar surface area (TPSA) is 79.2 Å². The van der Waals surface area contributed by atoms with Crippen molar-refractivity contribution in [3.63, 3.8) is 0 Å². The predicted molar refractivity (Wildman–Crippen MR) is 111 cm³/mol. The third kappa shape index (κ3) is 4.32. The van der Waals surface area contributed by atoms with Gasteiger partial charge in [-0.2, -0.15) is 0 Å². The van der Waals surface area contributed by atoms with Gasteiger partial charge in [-0.05, 0) is 59.8 Å². The molecule has 2 aromatic rings. The number of hydrogen-bond donors (Lipinski definition) is 1. The molecule has 1 aliphatic rings. The van der Waals surface area contributed by atoms with Crippen LogP contribution >= 0.6 is 11.8 Å². The van der Waals surface area contributed by atoms with Gasteiger partial charge in [-0.25, -0.2) is 9.79 Å². The average Bonchev–Trinajstić information content (AvgIpc) is 2.97. The van der Waals surface area contributed by atoms with Gasteiger partial charge in [0.05, 0.1) is 23.3 Å². The zero-order chi connectivity index (χ0) is 20.1. The molecule has 0 bridgehead atoms. The van der Waals surface area contributed by atoms with E-state index >= 15 is 0 Å². The van der Waals surface area contributed by atoms with Crippen molar-refractivity contribution in [1.29, 1.82) is 0 Å². The van der Waals surface area contributed by atoms with Crippen molar-refractivity contribution in [3.8, 4) is 5.75 Å². The Kier molecular flexibility index (Phi) is 5.96. The maximum absolute atomic E-state index is 12.8. The van der Waals surface area contributed by atoms with Crippen LogP contribution in [0.5, 0.6) is 5.75 Å². The largest absolute Gasteiger partial charge is 0.497 e. The molecule has 1 amide bonds. The minimum Gasteiger partial charge on any atom is -0.497 e. The van der Waals surface area contributed by atoms with Gasteiger partial charge in [-0.15, -0.1) is 6.58 Å². The van der Waals surface area contributed by atoms with Gasteiger partial charge >= 0.3 is 5.97 Å². The quantitative estimate of drug-likeness (QED) is 0.587. The molecule has 142 valence electrons. The summed E-state index contributed by atoms with van der Waals surface area (Å²) < 4.78 is 5.22. The van der Waals surface area contributed by atoms with E-state index in [1.807, 2.05) is 24.3 Å². The summed E-state index contributed by atoms with van der Waals surface area (Å²) >= 11 is 1.26. The SMILES string of the molecule is C=CCN1C(=O)/C(=C/c2cccc(OC)c2)SC1=Nc1ccc(C(=O)O)cc1. The number of ether oxygens (including phenoxy) is 1. The zero-order valence-electron chi connectivity index (χ0n) is 15.2. The molecule has 0 atom stereocenters. The molecular formula is C21H18N2O4S. The van der Waals surface area contributed by atoms with Crippen LogP contribution in [-0.4, -0.2) is 40.7 Å². The number of rotatable bonds is 6. The summed E-state index contributed by atoms with van der Waals surface area (Å²) in [5.41, 5.74) is 1.60. The van der Waals surface area contributed by atoms with Gasteiger partial charge in [-0.3, -0.25) is 9.69 Å². The number of carbonyl (C=O) groups is 2. The number of aliphatic imine (C=N–C) groups is 1. The number of carboxylic acid groups (broad SMARTS) is 1. The van der Waals surface area contributed by atoms with E-state index in [2.05, 4.69) is 11.6 Å². The first kappa shape index (κ1) is 19.4. The number of hydrogen-bond acceptors (Lipinski definition) is 5. The summed E-state index contributed by atoms with van der Waals surface area (Å²) in [6, 6.07) is 13.6. The number of methoxy groups -OCH3 is 1. The Morgan fingerprint density at radius 3 is 2.68 bits per heavy atom. The molecule has 7 heteroatoms. The smallest absolute Gasteiger partial charge is 0.335 e. The van der Waals surface area contributed by atoms with Gasteiger partial charge in [0.15, 0.2) is 5.17 Å². The van der Waals surface area contributed by atoms with E-state index < -0.39 is 5.97 Å². The first-order valence-corrected chi connectivity index (χ1v) is 9.22. The number of benzene rings is 2. The molecule has 1 heterocycles. The number of aromatic carboxylic acids is 1. The highest BCUT2D eigenvalue weighted by Gasteiger charge is 2.32. The second-order valence-corrected chi connectivity index (χ2v) is 6.85. The van der Waals surface area contributed by atoms with E-state index in [1.54, 1.807) is 31.4 Å². The summed E-state index contributed by atoms with van der Waals surface area (Å²) in [7, 11) is 1.59. The summed E-state index contributed by atoms with van der Waals surface area (Å²) in [5, 5.41) is 9.51. The lowest BCUT2D eigenvalue weighted by Gasteiger charge is -2.12. The number of carbonyl (C=O) groups excluding carboxylic acids is 1. The van der Waals surface area contributed by atoms with Gasteiger partial charge in [-0.1, -0.05) is 18.2 Å². The Morgan fingerprint density at radius 2 is 2.04 bits per heavy atom. The molecular weight excluding hydrogens is 376 g/mol. The van der Waals surface area contributed by atoms with E-state index in [4.69, 9.17) is 9.84 Å². The molecule has 0 aliphatic carbocycles. The monoisotopic (exact) mass is 394 g/mol. The number of amides is 1. The standard InChI is InChI=1S/C21H18N2O4S/c1-3-11-23-19(24)18(13-14-5-4-6-17(12-14)27-2)28-21(23)22-16-9-7-15(8-10-16)20(25)26/h3-10,12-13H,1,11H2,2H3,(H,25,26)/b18-13-,22-21?. The molecule has 1 N–H and O–H groups in total. The Morgan fingerprint density at radius 1 is 1.29 bits per heavy atom. The highest BCUT2D eigenvalue weighted by atomic mass is 32.2. The van der Waals surface area contributed by atoms with Crippen molar-refractivity contribution in [2.24, 2.45) is 4.99 Å². The fourth-order valence-electron chi connectivity index (χ4n) is 2.55. The minimum atomic E-state index is -0.999. The molecule has 1 fully saturated rings. The lowest BCUT2D eigenvalue weighted by atomic mass is 10.2. The number of nitrogens with zero attached hydrogens (tertiary/aromatic N) is 2. The van der Waals surface area contributed by atoms with Crippen molar-refractivity contribution >= 4 is 40.6 Å². The molecule has 0 saturated carbocycles. The highest BCUT2D eigenvalue weighted by molar-refractivity contribution is 8.18. The lowest BCUT2D eigenvalue weighted by molar-refractivity contribution is -0.121. The van der Waals surface area contributed by atoms with Gasteiger partial charge < -0.3 is 9.84 Å². The molecule has 3 rings (SSSR count). The van der Waals surface area contributed by atoms with Crippen molar-refractivity contribution in [1.82, 2.24) is 4.90 Å². The summed E-state index contributed by atoms with van der Waals surface area (Å²) in [5.74, 6) is -0.449. The summed E-state index contributed by atoms with van der Waals surface area (Å²) in [4.78, 5) is 30.4. The van der Waals surface area contributed by atoms with Crippen molar-refractivity contribution in [2.75, 3.05) is 13.7 Å². The molecule has 1 saturated heterocycles. The van der Waals surface area contributed by atoms with E-state index in [0.29, 0.717) is 28.1 Å². The van der Waals surface area contributed by atoms with Crippen LogP contribution in [0.3, 0.4) is 0 Å². The lowest BCUT2D eigenvalue weighted by Crippen LogP contribution is -2.29. The summed E-state index contributed by atoms with van der Waals surface area (Å²) in [6.07, 6.45) is 3.43. The van der Waals surface area contributed by atoms with Gasteiger partial charge in [0.25, 0.3) is 5.91 Å². The molecule has 0 spiro atoms. The van der Waals surface area contributed by atoms with Crippen LogP contribution in [0.1, 0.15) is 15.9 Å².